The number of aryl methyl sites for hydroxylation is 1. The van der Waals surface area contributed by atoms with Gasteiger partial charge in [0.05, 0.1) is 0 Å². The maximum absolute atomic E-state index is 13.7. The quantitative estimate of drug-likeness (QED) is 0.819. The fraction of sp³-hybridized carbons (Fsp3) is 0.417. The number of amides is 1. The highest BCUT2D eigenvalue weighted by molar-refractivity contribution is 5.95. The van der Waals surface area contributed by atoms with Gasteiger partial charge in [-0.15, -0.1) is 0 Å². The summed E-state index contributed by atoms with van der Waals surface area (Å²) < 4.78 is 27.1. The smallest absolute Gasteiger partial charge is 0.257 e. The fourth-order valence-electron chi connectivity index (χ4n) is 1.90. The van der Waals surface area contributed by atoms with Gasteiger partial charge in [0.15, 0.2) is 0 Å². The Labute approximate surface area is 98.2 Å². The zero-order valence-electron chi connectivity index (χ0n) is 9.52. The normalized spacial score (nSPS) is 19.4. The van der Waals surface area contributed by atoms with Gasteiger partial charge in [0, 0.05) is 12.6 Å². The molecule has 2 rings (SSSR count). The third-order valence-electron chi connectivity index (χ3n) is 2.91. The molecule has 1 atom stereocenters. The van der Waals surface area contributed by atoms with Crippen molar-refractivity contribution >= 4 is 5.91 Å². The Morgan fingerprint density at radius 3 is 2.88 bits per heavy atom. The molecule has 0 radical (unpaired) electrons. The maximum atomic E-state index is 13.7. The van der Waals surface area contributed by atoms with Crippen molar-refractivity contribution in [3.05, 3.63) is 34.9 Å². The molecule has 0 spiro atoms. The summed E-state index contributed by atoms with van der Waals surface area (Å²) in [5, 5.41) is 5.69. The van der Waals surface area contributed by atoms with Gasteiger partial charge in [0.25, 0.3) is 5.91 Å². The topological polar surface area (TPSA) is 41.1 Å². The molecular formula is C12H14F2N2O. The van der Waals surface area contributed by atoms with Gasteiger partial charge in [0.2, 0.25) is 0 Å². The van der Waals surface area contributed by atoms with E-state index in [1.54, 1.807) is 0 Å². The first-order valence-electron chi connectivity index (χ1n) is 5.56. The molecule has 0 aromatic heterocycles. The van der Waals surface area contributed by atoms with Crippen LogP contribution in [0, 0.1) is 18.6 Å². The van der Waals surface area contributed by atoms with Crippen LogP contribution in [0.1, 0.15) is 22.3 Å². The van der Waals surface area contributed by atoms with Crippen LogP contribution in [0.5, 0.6) is 0 Å². The van der Waals surface area contributed by atoms with Crippen LogP contribution in [0.4, 0.5) is 8.78 Å². The third kappa shape index (κ3) is 2.44. The number of rotatable bonds is 2. The molecule has 3 nitrogen and oxygen atoms in total. The lowest BCUT2D eigenvalue weighted by Gasteiger charge is -2.12. The van der Waals surface area contributed by atoms with E-state index in [2.05, 4.69) is 10.6 Å². The Morgan fingerprint density at radius 2 is 2.24 bits per heavy atom. The molecular weight excluding hydrogens is 226 g/mol. The average molecular weight is 240 g/mol. The molecule has 2 N–H and O–H groups in total. The molecule has 1 aliphatic heterocycles. The number of hydrogen-bond donors (Lipinski definition) is 2. The highest BCUT2D eigenvalue weighted by atomic mass is 19.1. The Kier molecular flexibility index (Phi) is 3.38. The molecule has 5 heteroatoms. The molecule has 92 valence electrons. The average Bonchev–Trinajstić information content (AvgIpc) is 2.77. The zero-order valence-corrected chi connectivity index (χ0v) is 9.52. The number of carbonyl (C=O) groups excluding carboxylic acids is 1. The Bertz CT molecular complexity index is 442. The van der Waals surface area contributed by atoms with Crippen molar-refractivity contribution in [3.63, 3.8) is 0 Å². The molecule has 0 aliphatic carbocycles. The first-order valence-corrected chi connectivity index (χ1v) is 5.56. The van der Waals surface area contributed by atoms with Crippen molar-refractivity contribution in [1.82, 2.24) is 10.6 Å². The lowest BCUT2D eigenvalue weighted by Crippen LogP contribution is -2.37. The third-order valence-corrected chi connectivity index (χ3v) is 2.91. The number of carbonyl (C=O) groups is 1. The second-order valence-electron chi connectivity index (χ2n) is 4.22. The number of hydrogen-bond acceptors (Lipinski definition) is 2. The van der Waals surface area contributed by atoms with Crippen molar-refractivity contribution in [2.45, 2.75) is 19.4 Å². The SMILES string of the molecule is Cc1ccc(F)c(C(=O)N[C@@H]2CCNC2)c1F. The lowest BCUT2D eigenvalue weighted by molar-refractivity contribution is 0.0931. The second kappa shape index (κ2) is 4.79. The zero-order chi connectivity index (χ0) is 12.4. The van der Waals surface area contributed by atoms with Gasteiger partial charge in [-0.1, -0.05) is 6.07 Å². The Balaban J connectivity index is 2.21. The van der Waals surface area contributed by atoms with Crippen LogP contribution >= 0.6 is 0 Å². The molecule has 0 unspecified atom stereocenters. The van der Waals surface area contributed by atoms with Gasteiger partial charge >= 0.3 is 0 Å². The maximum Gasteiger partial charge on any atom is 0.257 e. The van der Waals surface area contributed by atoms with Crippen LogP contribution < -0.4 is 10.6 Å². The lowest BCUT2D eigenvalue weighted by atomic mass is 10.1. The van der Waals surface area contributed by atoms with Gasteiger partial charge in [-0.05, 0) is 31.5 Å². The van der Waals surface area contributed by atoms with Crippen molar-refractivity contribution in [1.29, 1.82) is 0 Å². The highest BCUT2D eigenvalue weighted by Crippen LogP contribution is 2.16. The largest absolute Gasteiger partial charge is 0.348 e. The first kappa shape index (κ1) is 12.0. The molecule has 1 aromatic carbocycles. The molecule has 1 saturated heterocycles. The summed E-state index contributed by atoms with van der Waals surface area (Å²) in [6.45, 7) is 2.95. The Hall–Kier alpha value is -1.49. The summed E-state index contributed by atoms with van der Waals surface area (Å²) >= 11 is 0. The van der Waals surface area contributed by atoms with E-state index in [0.717, 1.165) is 19.0 Å². The van der Waals surface area contributed by atoms with E-state index in [-0.39, 0.29) is 11.6 Å². The van der Waals surface area contributed by atoms with E-state index in [1.165, 1.54) is 13.0 Å². The predicted molar refractivity (Wildman–Crippen MR) is 59.8 cm³/mol. The highest BCUT2D eigenvalue weighted by Gasteiger charge is 2.23. The van der Waals surface area contributed by atoms with Gasteiger partial charge in [-0.25, -0.2) is 8.78 Å². The minimum absolute atomic E-state index is 0.0539. The van der Waals surface area contributed by atoms with Gasteiger partial charge < -0.3 is 10.6 Å². The van der Waals surface area contributed by atoms with Gasteiger partial charge in [0.1, 0.15) is 17.2 Å². The van der Waals surface area contributed by atoms with E-state index < -0.39 is 23.1 Å². The summed E-state index contributed by atoms with van der Waals surface area (Å²) in [5.41, 5.74) is -0.224. The van der Waals surface area contributed by atoms with Crippen molar-refractivity contribution < 1.29 is 13.6 Å². The fourth-order valence-corrected chi connectivity index (χ4v) is 1.90. The monoisotopic (exact) mass is 240 g/mol. The van der Waals surface area contributed by atoms with Gasteiger partial charge in [-0.3, -0.25) is 4.79 Å². The summed E-state index contributed by atoms with van der Waals surface area (Å²) in [6, 6.07) is 2.38. The number of nitrogens with one attached hydrogen (secondary N) is 2. The van der Waals surface area contributed by atoms with E-state index in [4.69, 9.17) is 0 Å². The molecule has 1 amide bonds. The first-order chi connectivity index (χ1) is 8.09. The molecule has 17 heavy (non-hydrogen) atoms. The van der Waals surface area contributed by atoms with Crippen LogP contribution in [-0.4, -0.2) is 25.0 Å². The Morgan fingerprint density at radius 1 is 1.47 bits per heavy atom. The van der Waals surface area contributed by atoms with Crippen LogP contribution in [0.2, 0.25) is 0 Å². The number of benzene rings is 1. The minimum atomic E-state index is -0.823. The predicted octanol–water partition coefficient (Wildman–Crippen LogP) is 1.36. The molecule has 0 saturated carbocycles. The van der Waals surface area contributed by atoms with Gasteiger partial charge in [-0.2, -0.15) is 0 Å². The van der Waals surface area contributed by atoms with Crippen LogP contribution in [0.15, 0.2) is 12.1 Å². The second-order valence-corrected chi connectivity index (χ2v) is 4.22. The van der Waals surface area contributed by atoms with E-state index in [9.17, 15) is 13.6 Å². The van der Waals surface area contributed by atoms with Crippen LogP contribution in [0.25, 0.3) is 0 Å². The summed E-state index contributed by atoms with van der Waals surface area (Å²) in [7, 11) is 0. The molecule has 1 heterocycles. The molecule has 1 aromatic rings. The van der Waals surface area contributed by atoms with Crippen molar-refractivity contribution in [3.8, 4) is 0 Å². The van der Waals surface area contributed by atoms with Crippen LogP contribution in [0.3, 0.4) is 0 Å². The summed E-state index contributed by atoms with van der Waals surface area (Å²) in [5.74, 6) is -2.29. The summed E-state index contributed by atoms with van der Waals surface area (Å²) in [4.78, 5) is 11.8. The standard InChI is InChI=1S/C12H14F2N2O/c1-7-2-3-9(13)10(11(7)14)12(17)16-8-4-5-15-6-8/h2-3,8,15H,4-6H2,1H3,(H,16,17)/t8-/m1/s1. The van der Waals surface area contributed by atoms with E-state index in [1.807, 2.05) is 0 Å². The van der Waals surface area contributed by atoms with E-state index >= 15 is 0 Å². The number of halogens is 2. The molecule has 0 bridgehead atoms. The summed E-state index contributed by atoms with van der Waals surface area (Å²) in [6.07, 6.45) is 0.779. The van der Waals surface area contributed by atoms with E-state index in [0.29, 0.717) is 6.54 Å². The molecule has 1 aliphatic rings. The van der Waals surface area contributed by atoms with Crippen LogP contribution in [-0.2, 0) is 0 Å². The van der Waals surface area contributed by atoms with Crippen molar-refractivity contribution in [2.75, 3.05) is 13.1 Å². The minimum Gasteiger partial charge on any atom is -0.348 e. The molecule has 1 fully saturated rings. The van der Waals surface area contributed by atoms with Crippen molar-refractivity contribution in [2.24, 2.45) is 0 Å².